The highest BCUT2D eigenvalue weighted by Crippen LogP contribution is 2.27. The molecule has 0 unspecified atom stereocenters. The first-order valence-electron chi connectivity index (χ1n) is 8.61. The molecule has 0 N–H and O–H groups in total. The number of esters is 1. The average Bonchev–Trinajstić information content (AvgIpc) is 2.46. The monoisotopic (exact) mass is 328 g/mol. The molecule has 0 aromatic rings. The Labute approximate surface area is 136 Å². The second-order valence-electron chi connectivity index (χ2n) is 5.71. The Morgan fingerprint density at radius 3 is 1.77 bits per heavy atom. The van der Waals surface area contributed by atoms with Gasteiger partial charge in [0, 0.05) is 12.2 Å². The third-order valence-corrected chi connectivity index (χ3v) is 8.40. The summed E-state index contributed by atoms with van der Waals surface area (Å²) in [5, 5.41) is 0. The fraction of sp³-hybridized carbons (Fsp3) is 0.765. The van der Waals surface area contributed by atoms with Gasteiger partial charge < -0.3 is 9.16 Å². The van der Waals surface area contributed by atoms with E-state index < -0.39 is 20.3 Å². The molecule has 0 radical (unpaired) electrons. The SMILES string of the molecule is CCCCOC(=O)C=CC(=O)O[Si](CCC)(CCC)CCC. The molecule has 0 rings (SSSR count). The lowest BCUT2D eigenvalue weighted by Gasteiger charge is -2.29. The van der Waals surface area contributed by atoms with Gasteiger partial charge in [0.25, 0.3) is 8.32 Å². The zero-order valence-corrected chi connectivity index (χ0v) is 15.7. The van der Waals surface area contributed by atoms with E-state index in [4.69, 9.17) is 9.16 Å². The maximum atomic E-state index is 12.0. The van der Waals surface area contributed by atoms with Crippen LogP contribution in [0, 0.1) is 0 Å². The summed E-state index contributed by atoms with van der Waals surface area (Å²) < 4.78 is 10.8. The Kier molecular flexibility index (Phi) is 11.8. The summed E-state index contributed by atoms with van der Waals surface area (Å²) >= 11 is 0. The zero-order chi connectivity index (χ0) is 16.8. The number of carbonyl (C=O) groups excluding carboxylic acids is 2. The van der Waals surface area contributed by atoms with Crippen molar-refractivity contribution in [1.29, 1.82) is 0 Å². The molecule has 0 atom stereocenters. The quantitative estimate of drug-likeness (QED) is 0.227. The first-order valence-corrected chi connectivity index (χ1v) is 11.1. The van der Waals surface area contributed by atoms with E-state index in [1.807, 2.05) is 6.92 Å². The topological polar surface area (TPSA) is 52.6 Å². The molecule has 22 heavy (non-hydrogen) atoms. The van der Waals surface area contributed by atoms with Gasteiger partial charge in [-0.05, 0) is 24.6 Å². The highest BCUT2D eigenvalue weighted by atomic mass is 28.4. The van der Waals surface area contributed by atoms with Crippen LogP contribution in [0.1, 0.15) is 59.8 Å². The molecule has 0 aliphatic carbocycles. The van der Waals surface area contributed by atoms with Crippen molar-refractivity contribution in [2.45, 2.75) is 77.9 Å². The van der Waals surface area contributed by atoms with Gasteiger partial charge in [0.1, 0.15) is 0 Å². The fourth-order valence-corrected chi connectivity index (χ4v) is 6.93. The summed E-state index contributed by atoms with van der Waals surface area (Å²) in [4.78, 5) is 23.5. The molecule has 0 amide bonds. The number of hydrogen-bond donors (Lipinski definition) is 0. The Bertz CT molecular complexity index is 336. The van der Waals surface area contributed by atoms with Crippen LogP contribution in [0.25, 0.3) is 0 Å². The molecule has 128 valence electrons. The van der Waals surface area contributed by atoms with E-state index in [2.05, 4.69) is 20.8 Å². The molecule has 0 spiro atoms. The molecule has 0 heterocycles. The van der Waals surface area contributed by atoms with Crippen LogP contribution in [0.3, 0.4) is 0 Å². The highest BCUT2D eigenvalue weighted by molar-refractivity contribution is 6.75. The van der Waals surface area contributed by atoms with Crippen molar-refractivity contribution in [1.82, 2.24) is 0 Å². The van der Waals surface area contributed by atoms with Gasteiger partial charge in [0.2, 0.25) is 0 Å². The number of carbonyl (C=O) groups is 2. The van der Waals surface area contributed by atoms with E-state index in [1.54, 1.807) is 0 Å². The number of rotatable bonds is 12. The Hall–Kier alpha value is -1.10. The van der Waals surface area contributed by atoms with Crippen LogP contribution < -0.4 is 0 Å². The van der Waals surface area contributed by atoms with Crippen LogP contribution in [0.15, 0.2) is 12.2 Å². The summed E-state index contributed by atoms with van der Waals surface area (Å²) in [6.45, 7) is 8.81. The van der Waals surface area contributed by atoms with Gasteiger partial charge in [-0.25, -0.2) is 9.59 Å². The molecule has 0 bridgehead atoms. The van der Waals surface area contributed by atoms with Crippen molar-refractivity contribution < 1.29 is 18.8 Å². The maximum absolute atomic E-state index is 12.0. The minimum absolute atomic E-state index is 0.394. The van der Waals surface area contributed by atoms with Crippen LogP contribution in [-0.2, 0) is 18.8 Å². The second kappa shape index (κ2) is 12.4. The standard InChI is InChI=1S/C17H32O4Si/c1-5-9-12-20-16(18)10-11-17(19)21-22(13-6-2,14-7-3)15-8-4/h10-11H,5-9,12-15H2,1-4H3. The van der Waals surface area contributed by atoms with Crippen LogP contribution >= 0.6 is 0 Å². The van der Waals surface area contributed by atoms with E-state index >= 15 is 0 Å². The number of ether oxygens (including phenoxy) is 1. The lowest BCUT2D eigenvalue weighted by atomic mass is 10.4. The van der Waals surface area contributed by atoms with Crippen molar-refractivity contribution >= 4 is 20.3 Å². The van der Waals surface area contributed by atoms with E-state index in [-0.39, 0.29) is 0 Å². The van der Waals surface area contributed by atoms with Gasteiger partial charge >= 0.3 is 11.9 Å². The lowest BCUT2D eigenvalue weighted by Crippen LogP contribution is -2.39. The van der Waals surface area contributed by atoms with Gasteiger partial charge in [-0.15, -0.1) is 0 Å². The summed E-state index contributed by atoms with van der Waals surface area (Å²) in [5.41, 5.74) is 0. The van der Waals surface area contributed by atoms with Gasteiger partial charge in [-0.2, -0.15) is 0 Å². The Balaban J connectivity index is 4.57. The molecular weight excluding hydrogens is 296 g/mol. The van der Waals surface area contributed by atoms with Gasteiger partial charge in [0.05, 0.1) is 6.61 Å². The Morgan fingerprint density at radius 1 is 0.818 bits per heavy atom. The van der Waals surface area contributed by atoms with Gasteiger partial charge in [-0.3, -0.25) is 0 Å². The smallest absolute Gasteiger partial charge is 0.331 e. The largest absolute Gasteiger partial charge is 0.516 e. The molecule has 0 aromatic carbocycles. The highest BCUT2D eigenvalue weighted by Gasteiger charge is 2.35. The normalized spacial score (nSPS) is 11.6. The molecule has 4 nitrogen and oxygen atoms in total. The summed E-state index contributed by atoms with van der Waals surface area (Å²) in [7, 11) is -2.01. The van der Waals surface area contributed by atoms with E-state index in [0.717, 1.165) is 50.2 Å². The molecule has 0 aliphatic heterocycles. The maximum Gasteiger partial charge on any atom is 0.331 e. The van der Waals surface area contributed by atoms with Crippen molar-refractivity contribution in [3.63, 3.8) is 0 Å². The van der Waals surface area contributed by atoms with Crippen LogP contribution in [0.4, 0.5) is 0 Å². The molecule has 0 aliphatic rings. The van der Waals surface area contributed by atoms with Crippen molar-refractivity contribution in [2.75, 3.05) is 6.61 Å². The summed E-state index contributed by atoms with van der Waals surface area (Å²) in [6.07, 6.45) is 7.30. The third kappa shape index (κ3) is 9.03. The fourth-order valence-electron chi connectivity index (χ4n) is 2.64. The summed E-state index contributed by atoms with van der Waals surface area (Å²) in [5.74, 6) is -0.867. The van der Waals surface area contributed by atoms with Crippen molar-refractivity contribution in [3.05, 3.63) is 12.2 Å². The minimum Gasteiger partial charge on any atom is -0.516 e. The average molecular weight is 329 g/mol. The molecule has 0 aromatic heterocycles. The number of hydrogen-bond acceptors (Lipinski definition) is 4. The Morgan fingerprint density at radius 2 is 1.32 bits per heavy atom. The van der Waals surface area contributed by atoms with Crippen LogP contribution in [0.5, 0.6) is 0 Å². The van der Waals surface area contributed by atoms with Crippen molar-refractivity contribution in [2.24, 2.45) is 0 Å². The van der Waals surface area contributed by atoms with Gasteiger partial charge in [0.15, 0.2) is 0 Å². The lowest BCUT2D eigenvalue weighted by molar-refractivity contribution is -0.138. The van der Waals surface area contributed by atoms with E-state index in [0.29, 0.717) is 6.61 Å². The minimum atomic E-state index is -2.01. The van der Waals surface area contributed by atoms with Gasteiger partial charge in [-0.1, -0.05) is 53.4 Å². The van der Waals surface area contributed by atoms with E-state index in [1.165, 1.54) is 12.2 Å². The predicted octanol–water partition coefficient (Wildman–Crippen LogP) is 4.60. The zero-order valence-electron chi connectivity index (χ0n) is 14.7. The van der Waals surface area contributed by atoms with Crippen LogP contribution in [-0.4, -0.2) is 26.9 Å². The second-order valence-corrected chi connectivity index (χ2v) is 9.78. The molecule has 0 saturated carbocycles. The van der Waals surface area contributed by atoms with Crippen molar-refractivity contribution in [3.8, 4) is 0 Å². The van der Waals surface area contributed by atoms with Crippen LogP contribution in [0.2, 0.25) is 18.1 Å². The third-order valence-electron chi connectivity index (χ3n) is 3.53. The molecule has 0 fully saturated rings. The predicted molar refractivity (Wildman–Crippen MR) is 92.1 cm³/mol. The molecule has 0 saturated heterocycles. The molecular formula is C17H32O4Si. The number of unbranched alkanes of at least 4 members (excludes halogenated alkanes) is 1. The first kappa shape index (κ1) is 20.9. The summed E-state index contributed by atoms with van der Waals surface area (Å²) in [6, 6.07) is 2.99. The van der Waals surface area contributed by atoms with E-state index in [9.17, 15) is 9.59 Å². The molecule has 5 heteroatoms. The first-order chi connectivity index (χ1) is 10.5.